The highest BCUT2D eigenvalue weighted by molar-refractivity contribution is 7.13. The molecule has 20 heavy (non-hydrogen) atoms. The summed E-state index contributed by atoms with van der Waals surface area (Å²) in [7, 11) is 1.31. The van der Waals surface area contributed by atoms with E-state index < -0.39 is 5.97 Å². The smallest absolute Gasteiger partial charge is 0.357 e. The minimum atomic E-state index is -0.469. The number of nitrogens with one attached hydrogen (secondary N) is 1. The molecule has 1 heterocycles. The van der Waals surface area contributed by atoms with Crippen molar-refractivity contribution in [3.05, 3.63) is 47.0 Å². The van der Waals surface area contributed by atoms with E-state index in [2.05, 4.69) is 27.0 Å². The summed E-state index contributed by atoms with van der Waals surface area (Å²) < 4.78 is 4.57. The van der Waals surface area contributed by atoms with Crippen molar-refractivity contribution in [3.8, 4) is 12.0 Å². The Morgan fingerprint density at radius 1 is 1.45 bits per heavy atom. The normalized spacial score (nSPS) is 11.1. The molecule has 0 aliphatic heterocycles. The number of methoxy groups -OCH3 is 1. The molecule has 0 saturated carbocycles. The number of esters is 1. The van der Waals surface area contributed by atoms with Gasteiger partial charge in [-0.2, -0.15) is 0 Å². The molecule has 0 saturated heterocycles. The Labute approximate surface area is 120 Å². The second kappa shape index (κ2) is 6.70. The van der Waals surface area contributed by atoms with E-state index in [1.54, 1.807) is 5.38 Å². The summed E-state index contributed by atoms with van der Waals surface area (Å²) in [6, 6.07) is 11.9. The molecular weight excluding hydrogens is 274 g/mol. The Hall–Kier alpha value is -2.36. The van der Waals surface area contributed by atoms with Crippen LogP contribution in [0.1, 0.15) is 22.1 Å². The van der Waals surface area contributed by atoms with Crippen molar-refractivity contribution in [2.45, 2.75) is 6.04 Å². The van der Waals surface area contributed by atoms with E-state index in [9.17, 15) is 4.79 Å². The Morgan fingerprint density at radius 3 is 2.90 bits per heavy atom. The fourth-order valence-corrected chi connectivity index (χ4v) is 2.07. The van der Waals surface area contributed by atoms with Gasteiger partial charge in [-0.25, -0.2) is 9.78 Å². The predicted molar refractivity (Wildman–Crippen MR) is 78.2 cm³/mol. The van der Waals surface area contributed by atoms with E-state index in [-0.39, 0.29) is 11.7 Å². The second-order valence-corrected chi connectivity index (χ2v) is 4.67. The molecule has 0 bridgehead atoms. The summed E-state index contributed by atoms with van der Waals surface area (Å²) in [4.78, 5) is 15.3. The minimum Gasteiger partial charge on any atom is -0.464 e. The number of carbonyl (C=O) groups is 1. The van der Waals surface area contributed by atoms with E-state index in [1.165, 1.54) is 18.4 Å². The molecule has 3 N–H and O–H groups in total. The highest BCUT2D eigenvalue weighted by Crippen LogP contribution is 2.15. The first-order chi connectivity index (χ1) is 9.70. The lowest BCUT2D eigenvalue weighted by Gasteiger charge is -2.02. The molecule has 102 valence electrons. The summed E-state index contributed by atoms with van der Waals surface area (Å²) in [6.45, 7) is 0. The Kier molecular flexibility index (Phi) is 4.71. The van der Waals surface area contributed by atoms with Crippen LogP contribution in [0.5, 0.6) is 0 Å². The quantitative estimate of drug-likeness (QED) is 0.513. The molecule has 2 rings (SSSR count). The molecule has 0 unspecified atom stereocenters. The second-order valence-electron chi connectivity index (χ2n) is 3.81. The summed E-state index contributed by atoms with van der Waals surface area (Å²) in [6.07, 6.45) is 0. The van der Waals surface area contributed by atoms with Gasteiger partial charge in [-0.15, -0.1) is 11.3 Å². The van der Waals surface area contributed by atoms with Gasteiger partial charge >= 0.3 is 5.97 Å². The fourth-order valence-electron chi connectivity index (χ4n) is 1.44. The topological polar surface area (TPSA) is 77.2 Å². The summed E-state index contributed by atoms with van der Waals surface area (Å²) >= 11 is 1.27. The fraction of sp³-hybridized carbons (Fsp3) is 0.143. The number of nitrogens with two attached hydrogens (primary N) is 1. The van der Waals surface area contributed by atoms with Crippen molar-refractivity contribution >= 4 is 22.4 Å². The molecule has 0 radical (unpaired) electrons. The zero-order valence-corrected chi connectivity index (χ0v) is 11.6. The van der Waals surface area contributed by atoms with Gasteiger partial charge in [-0.05, 0) is 5.56 Å². The number of hydrogen-bond donors (Lipinski definition) is 2. The molecule has 0 fully saturated rings. The zero-order valence-electron chi connectivity index (χ0n) is 10.8. The van der Waals surface area contributed by atoms with E-state index >= 15 is 0 Å². The summed E-state index contributed by atoms with van der Waals surface area (Å²) in [5, 5.41) is 4.93. The van der Waals surface area contributed by atoms with Crippen LogP contribution < -0.4 is 11.1 Å². The Morgan fingerprint density at radius 2 is 2.20 bits per heavy atom. The van der Waals surface area contributed by atoms with Crippen LogP contribution in [0.2, 0.25) is 0 Å². The SMILES string of the molecule is COC(=O)c1csc(NC#C[C@@H](N)c2ccccc2)n1. The van der Waals surface area contributed by atoms with Crippen LogP contribution in [-0.4, -0.2) is 18.1 Å². The largest absolute Gasteiger partial charge is 0.464 e. The van der Waals surface area contributed by atoms with Crippen molar-refractivity contribution in [1.82, 2.24) is 4.98 Å². The van der Waals surface area contributed by atoms with Crippen LogP contribution >= 0.6 is 11.3 Å². The first-order valence-corrected chi connectivity index (χ1v) is 6.69. The number of benzene rings is 1. The average molecular weight is 287 g/mol. The van der Waals surface area contributed by atoms with E-state index in [0.717, 1.165) is 5.56 Å². The molecular formula is C14H13N3O2S. The van der Waals surface area contributed by atoms with Crippen molar-refractivity contribution in [2.75, 3.05) is 12.4 Å². The van der Waals surface area contributed by atoms with Gasteiger partial charge in [0.1, 0.15) is 0 Å². The first kappa shape index (κ1) is 14.1. The molecule has 6 heteroatoms. The number of nitrogens with zero attached hydrogens (tertiary/aromatic N) is 1. The lowest BCUT2D eigenvalue weighted by atomic mass is 10.1. The van der Waals surface area contributed by atoms with Crippen LogP contribution in [0.4, 0.5) is 5.13 Å². The van der Waals surface area contributed by atoms with E-state index in [4.69, 9.17) is 5.73 Å². The molecule has 2 aromatic rings. The number of thiazole rings is 1. The van der Waals surface area contributed by atoms with Gasteiger partial charge in [-0.1, -0.05) is 36.3 Å². The van der Waals surface area contributed by atoms with Gasteiger partial charge < -0.3 is 10.5 Å². The standard InChI is InChI=1S/C14H13N3O2S/c1-19-13(18)12-9-20-14(17-12)16-8-7-11(15)10-5-3-2-4-6-10/h2-6,9,11H,15H2,1H3,(H,16,17)/t11-/m1/s1. The van der Waals surface area contributed by atoms with Crippen molar-refractivity contribution in [2.24, 2.45) is 5.73 Å². The molecule has 0 spiro atoms. The molecule has 0 aliphatic rings. The average Bonchev–Trinajstić information content (AvgIpc) is 2.96. The number of aromatic nitrogens is 1. The molecule has 0 amide bonds. The monoisotopic (exact) mass is 287 g/mol. The Balaban J connectivity index is 1.97. The van der Waals surface area contributed by atoms with Crippen molar-refractivity contribution in [3.63, 3.8) is 0 Å². The molecule has 5 nitrogen and oxygen atoms in total. The third-order valence-electron chi connectivity index (χ3n) is 2.45. The van der Waals surface area contributed by atoms with Crippen molar-refractivity contribution in [1.29, 1.82) is 0 Å². The molecule has 1 aromatic heterocycles. The molecule has 0 aliphatic carbocycles. The van der Waals surface area contributed by atoms with Gasteiger partial charge in [0.05, 0.1) is 13.2 Å². The predicted octanol–water partition coefficient (Wildman–Crippen LogP) is 2.00. The maximum absolute atomic E-state index is 11.2. The van der Waals surface area contributed by atoms with Crippen LogP contribution in [-0.2, 0) is 4.74 Å². The third kappa shape index (κ3) is 3.57. The molecule has 1 aromatic carbocycles. The number of ether oxygens (including phenoxy) is 1. The third-order valence-corrected chi connectivity index (χ3v) is 3.21. The van der Waals surface area contributed by atoms with Crippen LogP contribution in [0.3, 0.4) is 0 Å². The lowest BCUT2D eigenvalue weighted by Crippen LogP contribution is -2.07. The van der Waals surface area contributed by atoms with Crippen LogP contribution in [0, 0.1) is 12.0 Å². The zero-order chi connectivity index (χ0) is 14.4. The van der Waals surface area contributed by atoms with Crippen LogP contribution in [0.15, 0.2) is 35.7 Å². The van der Waals surface area contributed by atoms with Gasteiger partial charge in [0.15, 0.2) is 10.8 Å². The summed E-state index contributed by atoms with van der Waals surface area (Å²) in [5.41, 5.74) is 7.13. The van der Waals surface area contributed by atoms with E-state index in [0.29, 0.717) is 5.13 Å². The lowest BCUT2D eigenvalue weighted by molar-refractivity contribution is 0.0595. The number of rotatable bonds is 3. The highest BCUT2D eigenvalue weighted by Gasteiger charge is 2.09. The summed E-state index contributed by atoms with van der Waals surface area (Å²) in [5.74, 6) is 2.40. The first-order valence-electron chi connectivity index (χ1n) is 5.81. The van der Waals surface area contributed by atoms with Crippen molar-refractivity contribution < 1.29 is 9.53 Å². The van der Waals surface area contributed by atoms with E-state index in [1.807, 2.05) is 30.3 Å². The number of anilines is 1. The van der Waals surface area contributed by atoms with Gasteiger partial charge in [0.2, 0.25) is 0 Å². The maximum Gasteiger partial charge on any atom is 0.357 e. The Bertz CT molecular complexity index is 643. The highest BCUT2D eigenvalue weighted by atomic mass is 32.1. The van der Waals surface area contributed by atoms with Gasteiger partial charge in [0, 0.05) is 11.4 Å². The van der Waals surface area contributed by atoms with Gasteiger partial charge in [-0.3, -0.25) is 5.32 Å². The number of hydrogen-bond acceptors (Lipinski definition) is 6. The minimum absolute atomic E-state index is 0.258. The molecule has 1 atom stereocenters. The number of carbonyl (C=O) groups excluding carboxylic acids is 1. The maximum atomic E-state index is 11.2. The van der Waals surface area contributed by atoms with Gasteiger partial charge in [0.25, 0.3) is 0 Å². The van der Waals surface area contributed by atoms with Crippen LogP contribution in [0.25, 0.3) is 0 Å².